The fraction of sp³-hybridized carbons (Fsp3) is 0.143. The first-order valence-electron chi connectivity index (χ1n) is 11.5. The highest BCUT2D eigenvalue weighted by Crippen LogP contribution is 2.35. The number of hydrogen-bond donors (Lipinski definition) is 0. The average molecular weight is 600 g/mol. The molecule has 0 spiro atoms. The Morgan fingerprint density at radius 1 is 1.05 bits per heavy atom. The van der Waals surface area contributed by atoms with Gasteiger partial charge < -0.3 is 9.30 Å². The second-order valence-electron chi connectivity index (χ2n) is 8.47. The number of aromatic nitrogens is 1. The number of amides is 2. The van der Waals surface area contributed by atoms with Crippen molar-refractivity contribution in [2.24, 2.45) is 0 Å². The zero-order valence-electron chi connectivity index (χ0n) is 19.5. The number of thioether (sulfide) groups is 1. The molecule has 0 N–H and O–H groups in total. The van der Waals surface area contributed by atoms with Crippen LogP contribution in [0.4, 0.5) is 9.18 Å². The lowest BCUT2D eigenvalue weighted by molar-refractivity contribution is -0.123. The Hall–Kier alpha value is -3.07. The van der Waals surface area contributed by atoms with E-state index in [-0.39, 0.29) is 23.5 Å². The van der Waals surface area contributed by atoms with Crippen molar-refractivity contribution in [2.75, 3.05) is 6.61 Å². The molecular weight excluding hydrogens is 579 g/mol. The van der Waals surface area contributed by atoms with Gasteiger partial charge in [-0.3, -0.25) is 14.5 Å². The van der Waals surface area contributed by atoms with Gasteiger partial charge in [0, 0.05) is 33.7 Å². The first kappa shape index (κ1) is 25.6. The van der Waals surface area contributed by atoms with Crippen molar-refractivity contribution in [3.8, 4) is 5.75 Å². The van der Waals surface area contributed by atoms with Crippen molar-refractivity contribution in [1.82, 2.24) is 9.47 Å². The second kappa shape index (κ2) is 11.1. The maximum atomic E-state index is 13.2. The zero-order valence-corrected chi connectivity index (χ0v) is 22.7. The molecule has 37 heavy (non-hydrogen) atoms. The Bertz CT molecular complexity index is 1520. The molecule has 2 heterocycles. The standard InChI is InChI=1S/C28H21BrClFN2O3S/c29-20-8-11-24-22(15-20)19(17-32(24)12-3-13-36-25-5-2-1-4-23(25)30)14-26-27(34)33(28(35)37-26)16-18-6-9-21(31)10-7-18/h1-2,4-11,14-15,17H,3,12-13,16H2/b26-14-. The van der Waals surface area contributed by atoms with Crippen LogP contribution in [0.5, 0.6) is 5.75 Å². The number of halogens is 3. The summed E-state index contributed by atoms with van der Waals surface area (Å²) in [5.41, 5.74) is 2.54. The molecule has 1 aliphatic heterocycles. The Labute approximate surface area is 231 Å². The van der Waals surface area contributed by atoms with Gasteiger partial charge in [-0.1, -0.05) is 51.8 Å². The summed E-state index contributed by atoms with van der Waals surface area (Å²) in [5, 5.41) is 1.20. The van der Waals surface area contributed by atoms with Crippen molar-refractivity contribution >= 4 is 67.4 Å². The summed E-state index contributed by atoms with van der Waals surface area (Å²) in [6.45, 7) is 1.29. The Kier molecular flexibility index (Phi) is 7.69. The molecule has 4 aromatic rings. The number of nitrogens with zero attached hydrogens (tertiary/aromatic N) is 2. The van der Waals surface area contributed by atoms with E-state index < -0.39 is 0 Å². The largest absolute Gasteiger partial charge is 0.492 e. The fourth-order valence-electron chi connectivity index (χ4n) is 4.13. The molecular formula is C28H21BrClFN2O3S. The molecule has 5 rings (SSSR count). The number of benzene rings is 3. The molecule has 1 fully saturated rings. The summed E-state index contributed by atoms with van der Waals surface area (Å²) < 4.78 is 22.1. The Morgan fingerprint density at radius 3 is 2.62 bits per heavy atom. The molecule has 1 aliphatic rings. The normalized spacial score (nSPS) is 14.8. The van der Waals surface area contributed by atoms with Gasteiger partial charge in [0.05, 0.1) is 23.1 Å². The Morgan fingerprint density at radius 2 is 1.84 bits per heavy atom. The van der Waals surface area contributed by atoms with E-state index >= 15 is 0 Å². The SMILES string of the molecule is O=C1S/C(=C\c2cn(CCCOc3ccccc3Cl)c3ccc(Br)cc23)C(=O)N1Cc1ccc(F)cc1. The summed E-state index contributed by atoms with van der Waals surface area (Å²) in [5.74, 6) is -0.0679. The van der Waals surface area contributed by atoms with E-state index in [9.17, 15) is 14.0 Å². The number of para-hydroxylation sites is 1. The number of fused-ring (bicyclic) bond motifs is 1. The molecule has 1 aromatic heterocycles. The summed E-state index contributed by atoms with van der Waals surface area (Å²) >= 11 is 10.6. The van der Waals surface area contributed by atoms with Gasteiger partial charge >= 0.3 is 0 Å². The lowest BCUT2D eigenvalue weighted by Gasteiger charge is -2.12. The highest BCUT2D eigenvalue weighted by molar-refractivity contribution is 9.10. The molecule has 9 heteroatoms. The van der Waals surface area contributed by atoms with E-state index in [1.54, 1.807) is 24.3 Å². The van der Waals surface area contributed by atoms with Crippen LogP contribution in [-0.4, -0.2) is 27.2 Å². The number of hydrogen-bond acceptors (Lipinski definition) is 4. The third-order valence-corrected chi connectivity index (χ3v) is 7.64. The second-order valence-corrected chi connectivity index (χ2v) is 10.8. The van der Waals surface area contributed by atoms with Crippen LogP contribution in [0.1, 0.15) is 17.5 Å². The summed E-state index contributed by atoms with van der Waals surface area (Å²) in [7, 11) is 0. The molecule has 188 valence electrons. The Balaban J connectivity index is 1.34. The predicted octanol–water partition coefficient (Wildman–Crippen LogP) is 7.90. The molecule has 5 nitrogen and oxygen atoms in total. The topological polar surface area (TPSA) is 51.5 Å². The zero-order chi connectivity index (χ0) is 25.9. The van der Waals surface area contributed by atoms with Gasteiger partial charge in [-0.25, -0.2) is 4.39 Å². The van der Waals surface area contributed by atoms with Crippen LogP contribution in [0.15, 0.2) is 82.3 Å². The summed E-state index contributed by atoms with van der Waals surface area (Å²) in [6, 6.07) is 19.1. The van der Waals surface area contributed by atoms with E-state index in [4.69, 9.17) is 16.3 Å². The molecule has 1 saturated heterocycles. The van der Waals surface area contributed by atoms with Gasteiger partial charge in [0.1, 0.15) is 11.6 Å². The third-order valence-electron chi connectivity index (χ3n) is 5.93. The van der Waals surface area contributed by atoms with Crippen LogP contribution in [0.25, 0.3) is 17.0 Å². The molecule has 0 atom stereocenters. The highest BCUT2D eigenvalue weighted by atomic mass is 79.9. The number of aryl methyl sites for hydroxylation is 1. The van der Waals surface area contributed by atoms with E-state index in [1.165, 1.54) is 17.0 Å². The van der Waals surface area contributed by atoms with E-state index in [0.717, 1.165) is 39.1 Å². The maximum Gasteiger partial charge on any atom is 0.293 e. The van der Waals surface area contributed by atoms with E-state index in [2.05, 4.69) is 20.5 Å². The molecule has 2 amide bonds. The number of ether oxygens (including phenoxy) is 1. The highest BCUT2D eigenvalue weighted by Gasteiger charge is 2.35. The van der Waals surface area contributed by atoms with Crippen LogP contribution >= 0.6 is 39.3 Å². The number of carbonyl (C=O) groups is 2. The van der Waals surface area contributed by atoms with Crippen molar-refractivity contribution in [3.63, 3.8) is 0 Å². The number of carbonyl (C=O) groups excluding carboxylic acids is 2. The molecule has 0 unspecified atom stereocenters. The van der Waals surface area contributed by atoms with Gasteiger partial charge in [0.25, 0.3) is 11.1 Å². The quantitative estimate of drug-likeness (QED) is 0.153. The third kappa shape index (κ3) is 5.76. The molecule has 0 aliphatic carbocycles. The average Bonchev–Trinajstić information content (AvgIpc) is 3.35. The summed E-state index contributed by atoms with van der Waals surface area (Å²) in [4.78, 5) is 27.2. The van der Waals surface area contributed by atoms with Crippen molar-refractivity contribution in [2.45, 2.75) is 19.5 Å². The smallest absolute Gasteiger partial charge is 0.293 e. The van der Waals surface area contributed by atoms with Crippen LogP contribution in [0.3, 0.4) is 0 Å². The summed E-state index contributed by atoms with van der Waals surface area (Å²) in [6.07, 6.45) is 4.50. The minimum absolute atomic E-state index is 0.0982. The minimum Gasteiger partial charge on any atom is -0.492 e. The number of imide groups is 1. The molecule has 3 aromatic carbocycles. The molecule has 0 saturated carbocycles. The van der Waals surface area contributed by atoms with Gasteiger partial charge in [-0.05, 0) is 72.3 Å². The first-order chi connectivity index (χ1) is 17.9. The predicted molar refractivity (Wildman–Crippen MR) is 149 cm³/mol. The van der Waals surface area contributed by atoms with Crippen LogP contribution in [0.2, 0.25) is 5.02 Å². The first-order valence-corrected chi connectivity index (χ1v) is 13.5. The lowest BCUT2D eigenvalue weighted by Crippen LogP contribution is -2.27. The van der Waals surface area contributed by atoms with Gasteiger partial charge in [-0.2, -0.15) is 0 Å². The monoisotopic (exact) mass is 598 g/mol. The lowest BCUT2D eigenvalue weighted by atomic mass is 10.1. The van der Waals surface area contributed by atoms with Gasteiger partial charge in [-0.15, -0.1) is 0 Å². The maximum absolute atomic E-state index is 13.2. The van der Waals surface area contributed by atoms with E-state index in [1.807, 2.05) is 42.6 Å². The number of rotatable bonds is 8. The van der Waals surface area contributed by atoms with E-state index in [0.29, 0.717) is 34.4 Å². The van der Waals surface area contributed by atoms with Crippen LogP contribution in [-0.2, 0) is 17.9 Å². The fourth-order valence-corrected chi connectivity index (χ4v) is 5.51. The van der Waals surface area contributed by atoms with Crippen LogP contribution < -0.4 is 4.74 Å². The molecule has 0 bridgehead atoms. The molecule has 0 radical (unpaired) electrons. The van der Waals surface area contributed by atoms with Crippen LogP contribution in [0, 0.1) is 5.82 Å². The van der Waals surface area contributed by atoms with Crippen molar-refractivity contribution < 1.29 is 18.7 Å². The van der Waals surface area contributed by atoms with Crippen molar-refractivity contribution in [1.29, 1.82) is 0 Å². The van der Waals surface area contributed by atoms with Gasteiger partial charge in [0.15, 0.2) is 0 Å². The van der Waals surface area contributed by atoms with Crippen molar-refractivity contribution in [3.05, 3.63) is 104 Å². The minimum atomic E-state index is -0.365. The van der Waals surface area contributed by atoms with Gasteiger partial charge in [0.2, 0.25) is 0 Å².